The lowest BCUT2D eigenvalue weighted by Crippen LogP contribution is -2.46. The number of aliphatic hydroxyl groups excluding tert-OH is 1. The molecule has 0 aliphatic carbocycles. The van der Waals surface area contributed by atoms with Gasteiger partial charge in [0.2, 0.25) is 0 Å². The highest BCUT2D eigenvalue weighted by Crippen LogP contribution is 2.15. The fourth-order valence-electron chi connectivity index (χ4n) is 1.54. The van der Waals surface area contributed by atoms with Gasteiger partial charge in [-0.15, -0.1) is 0 Å². The Bertz CT molecular complexity index is 443. The molecule has 18 heavy (non-hydrogen) atoms. The average Bonchev–Trinajstić information content (AvgIpc) is 2.78. The van der Waals surface area contributed by atoms with Crippen LogP contribution in [-0.2, 0) is 0 Å². The Morgan fingerprint density at radius 3 is 2.72 bits per heavy atom. The number of nitrogens with zero attached hydrogens (tertiary/aromatic N) is 1. The van der Waals surface area contributed by atoms with E-state index in [0.29, 0.717) is 12.8 Å². The lowest BCUT2D eigenvalue weighted by Gasteiger charge is -2.28. The van der Waals surface area contributed by atoms with Crippen LogP contribution < -0.4 is 5.32 Å². The van der Waals surface area contributed by atoms with Crippen LogP contribution in [-0.4, -0.2) is 44.2 Å². The van der Waals surface area contributed by atoms with Gasteiger partial charge in [0.1, 0.15) is 0 Å². The second kappa shape index (κ2) is 5.63. The fraction of sp³-hybridized carbons (Fsp3) is 0.545. The number of aromatic nitrogens is 2. The van der Waals surface area contributed by atoms with Gasteiger partial charge in [-0.25, -0.2) is 9.78 Å². The number of aliphatic hydroxyl groups is 1. The molecule has 0 radical (unpaired) electrons. The van der Waals surface area contributed by atoms with Crippen LogP contribution in [0.15, 0.2) is 6.33 Å². The number of aromatic amines is 1. The molecule has 0 saturated heterocycles. The second-order valence-corrected chi connectivity index (χ2v) is 4.27. The highest BCUT2D eigenvalue weighted by Gasteiger charge is 2.27. The maximum atomic E-state index is 11.9. The van der Waals surface area contributed by atoms with E-state index >= 15 is 0 Å². The van der Waals surface area contributed by atoms with Gasteiger partial charge in [0.15, 0.2) is 11.4 Å². The van der Waals surface area contributed by atoms with Crippen molar-refractivity contribution in [1.82, 2.24) is 15.3 Å². The molecule has 1 unspecified atom stereocenters. The molecule has 0 saturated carbocycles. The Morgan fingerprint density at radius 1 is 1.56 bits per heavy atom. The van der Waals surface area contributed by atoms with Gasteiger partial charge < -0.3 is 20.5 Å². The van der Waals surface area contributed by atoms with Gasteiger partial charge >= 0.3 is 5.97 Å². The number of carboxylic acid groups (broad SMARTS) is 1. The third kappa shape index (κ3) is 3.07. The Labute approximate surface area is 104 Å². The van der Waals surface area contributed by atoms with E-state index in [4.69, 9.17) is 10.2 Å². The number of H-pyrrole nitrogens is 1. The first-order valence-electron chi connectivity index (χ1n) is 5.63. The first kappa shape index (κ1) is 14.2. The first-order valence-corrected chi connectivity index (χ1v) is 5.63. The maximum Gasteiger partial charge on any atom is 0.354 e. The van der Waals surface area contributed by atoms with E-state index in [-0.39, 0.29) is 18.0 Å². The molecule has 4 N–H and O–H groups in total. The molecule has 1 aromatic heterocycles. The molecule has 0 bridgehead atoms. The zero-order valence-corrected chi connectivity index (χ0v) is 10.4. The Balaban J connectivity index is 2.88. The number of hydrogen-bond donors (Lipinski definition) is 4. The third-order valence-corrected chi connectivity index (χ3v) is 2.93. The lowest BCUT2D eigenvalue weighted by molar-refractivity contribution is 0.0682. The van der Waals surface area contributed by atoms with Crippen LogP contribution in [0.2, 0.25) is 0 Å². The largest absolute Gasteiger partial charge is 0.477 e. The van der Waals surface area contributed by atoms with E-state index < -0.39 is 17.4 Å². The zero-order chi connectivity index (χ0) is 13.8. The van der Waals surface area contributed by atoms with Crippen molar-refractivity contribution in [1.29, 1.82) is 0 Å². The summed E-state index contributed by atoms with van der Waals surface area (Å²) in [5.41, 5.74) is -0.976. The summed E-state index contributed by atoms with van der Waals surface area (Å²) in [6, 6.07) is 0. The summed E-state index contributed by atoms with van der Waals surface area (Å²) < 4.78 is 0. The number of imidazole rings is 1. The number of amides is 1. The van der Waals surface area contributed by atoms with Crippen molar-refractivity contribution < 1.29 is 19.8 Å². The summed E-state index contributed by atoms with van der Waals surface area (Å²) >= 11 is 0. The summed E-state index contributed by atoms with van der Waals surface area (Å²) in [6.45, 7) is 3.60. The Morgan fingerprint density at radius 2 is 2.22 bits per heavy atom. The smallest absolute Gasteiger partial charge is 0.354 e. The number of rotatable bonds is 6. The zero-order valence-electron chi connectivity index (χ0n) is 10.4. The molecule has 1 heterocycles. The molecule has 1 aromatic rings. The van der Waals surface area contributed by atoms with E-state index in [9.17, 15) is 9.59 Å². The summed E-state index contributed by atoms with van der Waals surface area (Å²) in [7, 11) is 0. The molecule has 0 spiro atoms. The van der Waals surface area contributed by atoms with Crippen molar-refractivity contribution in [3.63, 3.8) is 0 Å². The molecular weight excluding hydrogens is 238 g/mol. The fourth-order valence-corrected chi connectivity index (χ4v) is 1.54. The third-order valence-electron chi connectivity index (χ3n) is 2.93. The topological polar surface area (TPSA) is 115 Å². The van der Waals surface area contributed by atoms with Crippen LogP contribution in [0.5, 0.6) is 0 Å². The van der Waals surface area contributed by atoms with E-state index in [1.807, 2.05) is 6.92 Å². The predicted octanol–water partition coefficient (Wildman–Crippen LogP) is 0.389. The minimum Gasteiger partial charge on any atom is -0.477 e. The van der Waals surface area contributed by atoms with Gasteiger partial charge in [0.05, 0.1) is 6.33 Å². The lowest BCUT2D eigenvalue weighted by atomic mass is 9.94. The van der Waals surface area contributed by atoms with E-state index in [1.165, 1.54) is 0 Å². The first-order chi connectivity index (χ1) is 8.43. The highest BCUT2D eigenvalue weighted by atomic mass is 16.4. The van der Waals surface area contributed by atoms with Gasteiger partial charge in [0.25, 0.3) is 5.91 Å². The second-order valence-electron chi connectivity index (χ2n) is 4.27. The van der Waals surface area contributed by atoms with Gasteiger partial charge in [-0.2, -0.15) is 0 Å². The molecule has 7 heteroatoms. The molecule has 1 atom stereocenters. The number of hydrogen-bond acceptors (Lipinski definition) is 4. The summed E-state index contributed by atoms with van der Waals surface area (Å²) in [6.07, 6.45) is 2.17. The van der Waals surface area contributed by atoms with Crippen LogP contribution in [0, 0.1) is 0 Å². The van der Waals surface area contributed by atoms with Crippen molar-refractivity contribution >= 4 is 11.9 Å². The SMILES string of the molecule is CCC(C)(CCO)NC(=O)c1nc[nH]c1C(=O)O. The van der Waals surface area contributed by atoms with Gasteiger partial charge in [-0.05, 0) is 19.8 Å². The van der Waals surface area contributed by atoms with Gasteiger partial charge in [0, 0.05) is 12.1 Å². The maximum absolute atomic E-state index is 11.9. The normalized spacial score (nSPS) is 13.9. The predicted molar refractivity (Wildman–Crippen MR) is 63.4 cm³/mol. The molecule has 1 rings (SSSR count). The van der Waals surface area contributed by atoms with Crippen LogP contribution in [0.1, 0.15) is 47.7 Å². The molecular formula is C11H17N3O4. The molecule has 1 amide bonds. The Hall–Kier alpha value is -1.89. The minimum atomic E-state index is -1.24. The number of carbonyl (C=O) groups is 2. The Kier molecular flexibility index (Phi) is 4.43. The number of carboxylic acids is 1. The van der Waals surface area contributed by atoms with Crippen LogP contribution >= 0.6 is 0 Å². The monoisotopic (exact) mass is 255 g/mol. The van der Waals surface area contributed by atoms with E-state index in [0.717, 1.165) is 6.33 Å². The number of nitrogens with one attached hydrogen (secondary N) is 2. The van der Waals surface area contributed by atoms with E-state index in [1.54, 1.807) is 6.92 Å². The standard InChI is InChI=1S/C11H17N3O4/c1-3-11(2,4-5-15)14-9(16)7-8(10(17)18)13-6-12-7/h6,15H,3-5H2,1-2H3,(H,12,13)(H,14,16)(H,17,18). The molecule has 0 aliphatic heterocycles. The van der Waals surface area contributed by atoms with Gasteiger partial charge in [-0.3, -0.25) is 4.79 Å². The van der Waals surface area contributed by atoms with Crippen molar-refractivity contribution in [2.75, 3.05) is 6.61 Å². The summed E-state index contributed by atoms with van der Waals surface area (Å²) in [4.78, 5) is 28.9. The summed E-state index contributed by atoms with van der Waals surface area (Å²) in [5, 5.41) is 20.5. The molecule has 7 nitrogen and oxygen atoms in total. The quantitative estimate of drug-likeness (QED) is 0.587. The van der Waals surface area contributed by atoms with Crippen LogP contribution in [0.3, 0.4) is 0 Å². The van der Waals surface area contributed by atoms with Crippen LogP contribution in [0.4, 0.5) is 0 Å². The molecule has 0 aromatic carbocycles. The van der Waals surface area contributed by atoms with Crippen molar-refractivity contribution in [2.24, 2.45) is 0 Å². The molecule has 0 aliphatic rings. The van der Waals surface area contributed by atoms with Crippen molar-refractivity contribution in [2.45, 2.75) is 32.2 Å². The number of aromatic carboxylic acids is 1. The number of carbonyl (C=O) groups excluding carboxylic acids is 1. The highest BCUT2D eigenvalue weighted by molar-refractivity contribution is 6.02. The molecule has 100 valence electrons. The van der Waals surface area contributed by atoms with Crippen LogP contribution in [0.25, 0.3) is 0 Å². The van der Waals surface area contributed by atoms with Gasteiger partial charge in [-0.1, -0.05) is 6.92 Å². The van der Waals surface area contributed by atoms with Crippen molar-refractivity contribution in [3.8, 4) is 0 Å². The molecule has 0 fully saturated rings. The van der Waals surface area contributed by atoms with Crippen molar-refractivity contribution in [3.05, 3.63) is 17.7 Å². The summed E-state index contributed by atoms with van der Waals surface area (Å²) in [5.74, 6) is -1.80. The minimum absolute atomic E-state index is 0.0586. The average molecular weight is 255 g/mol. The van der Waals surface area contributed by atoms with E-state index in [2.05, 4.69) is 15.3 Å².